The predicted molar refractivity (Wildman–Crippen MR) is 85.3 cm³/mol. The number of rotatable bonds is 4. The van der Waals surface area contributed by atoms with Crippen LogP contribution in [0.2, 0.25) is 5.02 Å². The first-order valence-corrected chi connectivity index (χ1v) is 6.99. The minimum absolute atomic E-state index is 0.406. The van der Waals surface area contributed by atoms with Gasteiger partial charge in [0.2, 0.25) is 5.95 Å². The Bertz CT molecular complexity index is 810. The SMILES string of the molecule is Cc1cc(CC=O)cc2[nH]c(Nc3ccccc3Cl)nc12. The van der Waals surface area contributed by atoms with Gasteiger partial charge in [-0.3, -0.25) is 0 Å². The number of aromatic amines is 1. The highest BCUT2D eigenvalue weighted by Crippen LogP contribution is 2.26. The van der Waals surface area contributed by atoms with E-state index in [9.17, 15) is 4.79 Å². The number of hydrogen-bond donors (Lipinski definition) is 2. The average Bonchev–Trinajstić information content (AvgIpc) is 2.85. The largest absolute Gasteiger partial charge is 0.324 e. The van der Waals surface area contributed by atoms with E-state index >= 15 is 0 Å². The smallest absolute Gasteiger partial charge is 0.205 e. The first-order valence-electron chi connectivity index (χ1n) is 6.62. The Morgan fingerprint density at radius 1 is 1.33 bits per heavy atom. The van der Waals surface area contributed by atoms with Gasteiger partial charge in [0.15, 0.2) is 0 Å². The summed E-state index contributed by atoms with van der Waals surface area (Å²) in [5.74, 6) is 0.629. The molecule has 0 spiro atoms. The second kappa shape index (κ2) is 5.58. The van der Waals surface area contributed by atoms with Crippen LogP contribution in [0, 0.1) is 6.92 Å². The van der Waals surface area contributed by atoms with Crippen molar-refractivity contribution in [2.75, 3.05) is 5.32 Å². The van der Waals surface area contributed by atoms with Crippen molar-refractivity contribution in [3.8, 4) is 0 Å². The number of anilines is 2. The van der Waals surface area contributed by atoms with Crippen molar-refractivity contribution in [2.24, 2.45) is 0 Å². The van der Waals surface area contributed by atoms with Crippen molar-refractivity contribution < 1.29 is 4.79 Å². The molecule has 106 valence electrons. The first-order chi connectivity index (χ1) is 10.2. The molecule has 0 amide bonds. The molecule has 0 aliphatic rings. The van der Waals surface area contributed by atoms with E-state index in [1.54, 1.807) is 0 Å². The fourth-order valence-corrected chi connectivity index (χ4v) is 2.51. The Hall–Kier alpha value is -2.33. The Morgan fingerprint density at radius 2 is 2.14 bits per heavy atom. The quantitative estimate of drug-likeness (QED) is 0.716. The van der Waals surface area contributed by atoms with Gasteiger partial charge < -0.3 is 15.1 Å². The highest BCUT2D eigenvalue weighted by Gasteiger charge is 2.08. The molecule has 21 heavy (non-hydrogen) atoms. The van der Waals surface area contributed by atoms with Gasteiger partial charge in [-0.1, -0.05) is 29.8 Å². The fraction of sp³-hybridized carbons (Fsp3) is 0.125. The van der Waals surface area contributed by atoms with Crippen molar-refractivity contribution in [1.82, 2.24) is 9.97 Å². The number of aromatic nitrogens is 2. The van der Waals surface area contributed by atoms with Gasteiger partial charge in [-0.2, -0.15) is 0 Å². The number of nitrogens with one attached hydrogen (secondary N) is 2. The van der Waals surface area contributed by atoms with Gasteiger partial charge in [0.1, 0.15) is 6.29 Å². The van der Waals surface area contributed by atoms with Crippen LogP contribution in [0.1, 0.15) is 11.1 Å². The molecule has 2 N–H and O–H groups in total. The Labute approximate surface area is 127 Å². The molecule has 3 rings (SSSR count). The summed E-state index contributed by atoms with van der Waals surface area (Å²) in [6.45, 7) is 1.98. The van der Waals surface area contributed by atoms with Crippen LogP contribution in [-0.2, 0) is 11.2 Å². The van der Waals surface area contributed by atoms with E-state index in [4.69, 9.17) is 11.6 Å². The first kappa shape index (κ1) is 13.6. The molecule has 1 heterocycles. The monoisotopic (exact) mass is 299 g/mol. The van der Waals surface area contributed by atoms with Crippen molar-refractivity contribution in [2.45, 2.75) is 13.3 Å². The van der Waals surface area contributed by atoms with E-state index in [1.165, 1.54) is 0 Å². The van der Waals surface area contributed by atoms with Gasteiger partial charge >= 0.3 is 0 Å². The van der Waals surface area contributed by atoms with Crippen LogP contribution in [-0.4, -0.2) is 16.3 Å². The maximum Gasteiger partial charge on any atom is 0.205 e. The summed E-state index contributed by atoms with van der Waals surface area (Å²) in [5.41, 5.74) is 4.60. The molecule has 1 aromatic heterocycles. The summed E-state index contributed by atoms with van der Waals surface area (Å²) >= 11 is 6.13. The van der Waals surface area contributed by atoms with Crippen LogP contribution in [0.25, 0.3) is 11.0 Å². The Morgan fingerprint density at radius 3 is 2.90 bits per heavy atom. The van der Waals surface area contributed by atoms with E-state index in [1.807, 2.05) is 43.3 Å². The number of carbonyl (C=O) groups is 1. The normalized spacial score (nSPS) is 10.8. The molecule has 0 bridgehead atoms. The van der Waals surface area contributed by atoms with Gasteiger partial charge in [0, 0.05) is 6.42 Å². The number of halogens is 1. The lowest BCUT2D eigenvalue weighted by atomic mass is 10.1. The van der Waals surface area contributed by atoms with Crippen molar-refractivity contribution in [1.29, 1.82) is 0 Å². The number of nitrogens with zero attached hydrogens (tertiary/aromatic N) is 1. The lowest BCUT2D eigenvalue weighted by molar-refractivity contribution is -0.107. The molecule has 0 radical (unpaired) electrons. The molecule has 0 atom stereocenters. The minimum Gasteiger partial charge on any atom is -0.324 e. The summed E-state index contributed by atoms with van der Waals surface area (Å²) in [6, 6.07) is 11.4. The van der Waals surface area contributed by atoms with Crippen molar-refractivity contribution in [3.63, 3.8) is 0 Å². The number of fused-ring (bicyclic) bond motifs is 1. The van der Waals surface area contributed by atoms with Crippen LogP contribution < -0.4 is 5.32 Å². The van der Waals surface area contributed by atoms with Crippen molar-refractivity contribution in [3.05, 3.63) is 52.5 Å². The maximum absolute atomic E-state index is 10.7. The van der Waals surface area contributed by atoms with Crippen molar-refractivity contribution >= 4 is 40.6 Å². The average molecular weight is 300 g/mol. The van der Waals surface area contributed by atoms with Crippen LogP contribution >= 0.6 is 11.6 Å². The number of benzene rings is 2. The summed E-state index contributed by atoms with van der Waals surface area (Å²) in [5, 5.41) is 3.81. The number of hydrogen-bond acceptors (Lipinski definition) is 3. The van der Waals surface area contributed by atoms with Gasteiger partial charge in [-0.05, 0) is 36.2 Å². The van der Waals surface area contributed by atoms with E-state index in [-0.39, 0.29) is 0 Å². The molecule has 0 saturated carbocycles. The highest BCUT2D eigenvalue weighted by molar-refractivity contribution is 6.33. The second-order valence-corrected chi connectivity index (χ2v) is 5.28. The third kappa shape index (κ3) is 2.76. The summed E-state index contributed by atoms with van der Waals surface area (Å²) in [7, 11) is 0. The third-order valence-corrected chi connectivity index (χ3v) is 3.61. The van der Waals surface area contributed by atoms with Crippen LogP contribution in [0.4, 0.5) is 11.6 Å². The van der Waals surface area contributed by atoms with Crippen LogP contribution in [0.15, 0.2) is 36.4 Å². The molecule has 0 unspecified atom stereocenters. The Kier molecular flexibility index (Phi) is 3.62. The van der Waals surface area contributed by atoms with Gasteiger partial charge in [0.25, 0.3) is 0 Å². The predicted octanol–water partition coefficient (Wildman–Crippen LogP) is 4.01. The summed E-state index contributed by atoms with van der Waals surface area (Å²) in [4.78, 5) is 18.4. The molecular weight excluding hydrogens is 286 g/mol. The zero-order valence-corrected chi connectivity index (χ0v) is 12.2. The van der Waals surface area contributed by atoms with Gasteiger partial charge in [0.05, 0.1) is 21.7 Å². The molecule has 0 aliphatic heterocycles. The molecule has 5 heteroatoms. The molecule has 4 nitrogen and oxygen atoms in total. The molecule has 0 fully saturated rings. The Balaban J connectivity index is 1.99. The maximum atomic E-state index is 10.7. The number of carbonyl (C=O) groups excluding carboxylic acids is 1. The summed E-state index contributed by atoms with van der Waals surface area (Å²) in [6.07, 6.45) is 1.31. The van der Waals surface area contributed by atoms with Crippen LogP contribution in [0.3, 0.4) is 0 Å². The van der Waals surface area contributed by atoms with Gasteiger partial charge in [-0.25, -0.2) is 4.98 Å². The topological polar surface area (TPSA) is 57.8 Å². The van der Waals surface area contributed by atoms with Gasteiger partial charge in [-0.15, -0.1) is 0 Å². The highest BCUT2D eigenvalue weighted by atomic mass is 35.5. The minimum atomic E-state index is 0.406. The number of aldehydes is 1. The molecule has 2 aromatic carbocycles. The van der Waals surface area contributed by atoms with E-state index in [2.05, 4.69) is 15.3 Å². The van der Waals surface area contributed by atoms with E-state index in [0.717, 1.165) is 34.1 Å². The molecule has 0 saturated heterocycles. The zero-order valence-electron chi connectivity index (χ0n) is 11.5. The fourth-order valence-electron chi connectivity index (χ4n) is 2.33. The summed E-state index contributed by atoms with van der Waals surface area (Å²) < 4.78 is 0. The molecule has 3 aromatic rings. The van der Waals surface area contributed by atoms with Crippen LogP contribution in [0.5, 0.6) is 0 Å². The van der Waals surface area contributed by atoms with E-state index in [0.29, 0.717) is 17.4 Å². The lowest BCUT2D eigenvalue weighted by Crippen LogP contribution is -1.92. The van der Waals surface area contributed by atoms with E-state index < -0.39 is 0 Å². The standard InChI is InChI=1S/C16H14ClN3O/c1-10-8-11(6-7-21)9-14-15(10)20-16(19-14)18-13-5-3-2-4-12(13)17/h2-5,7-9H,6H2,1H3,(H2,18,19,20). The molecule has 0 aliphatic carbocycles. The third-order valence-electron chi connectivity index (χ3n) is 3.28. The number of aryl methyl sites for hydroxylation is 1. The zero-order chi connectivity index (χ0) is 14.8. The number of para-hydroxylation sites is 1. The lowest BCUT2D eigenvalue weighted by Gasteiger charge is -2.03. The second-order valence-electron chi connectivity index (χ2n) is 4.87. The number of H-pyrrole nitrogens is 1. The molecular formula is C16H14ClN3O. The number of imidazole rings is 1.